The molecule has 10 atom stereocenters. The van der Waals surface area contributed by atoms with Gasteiger partial charge in [-0.15, -0.1) is 0 Å². The van der Waals surface area contributed by atoms with Crippen LogP contribution >= 0.6 is 0 Å². The zero-order chi connectivity index (χ0) is 36.2. The summed E-state index contributed by atoms with van der Waals surface area (Å²) in [5.74, 6) is -1.24. The molecule has 0 bridgehead atoms. The zero-order valence-electron chi connectivity index (χ0n) is 27.9. The number of carbonyl (C=O) groups is 2. The molecular formula is C34H44N4O12. The fourth-order valence-electron chi connectivity index (χ4n) is 5.28. The highest BCUT2D eigenvalue weighted by Gasteiger charge is 2.51. The highest BCUT2D eigenvalue weighted by molar-refractivity contribution is 5.83. The molecule has 0 unspecified atom stereocenters. The van der Waals surface area contributed by atoms with Gasteiger partial charge in [0.2, 0.25) is 0 Å². The first-order valence-electron chi connectivity index (χ1n) is 16.3. The monoisotopic (exact) mass is 700 g/mol. The summed E-state index contributed by atoms with van der Waals surface area (Å²) in [5, 5.41) is 42.4. The number of nitrogens with one attached hydrogen (secondary N) is 1. The van der Waals surface area contributed by atoms with Crippen molar-refractivity contribution in [2.24, 2.45) is 0 Å². The molecule has 4 heterocycles. The third-order valence-corrected chi connectivity index (χ3v) is 7.85. The molecule has 16 heteroatoms. The molecule has 0 radical (unpaired) electrons. The molecule has 0 saturated carbocycles. The van der Waals surface area contributed by atoms with E-state index >= 15 is 0 Å². The van der Waals surface area contributed by atoms with E-state index in [0.717, 1.165) is 18.9 Å². The number of H-pyrrole nitrogens is 1. The molecular weight excluding hydrogens is 656 g/mol. The van der Waals surface area contributed by atoms with E-state index in [1.54, 1.807) is 43.4 Å². The lowest BCUT2D eigenvalue weighted by Crippen LogP contribution is -2.59. The quantitative estimate of drug-likeness (QED) is 0.0758. The average Bonchev–Trinajstić information content (AvgIpc) is 3.66. The van der Waals surface area contributed by atoms with Gasteiger partial charge in [-0.1, -0.05) is 55.9 Å². The number of hydrogen-bond donors (Lipinski definition) is 5. The van der Waals surface area contributed by atoms with Crippen molar-refractivity contribution in [2.75, 3.05) is 6.61 Å². The van der Waals surface area contributed by atoms with Crippen LogP contribution in [0.3, 0.4) is 0 Å². The smallest absolute Gasteiger partial charge is 0.331 e. The van der Waals surface area contributed by atoms with Crippen LogP contribution in [0, 0.1) is 0 Å². The number of fused-ring (bicyclic) bond motifs is 1. The van der Waals surface area contributed by atoms with Crippen molar-refractivity contribution < 1.29 is 53.7 Å². The molecule has 272 valence electrons. The number of imidazole rings is 1. The first-order chi connectivity index (χ1) is 24.0. The minimum Gasteiger partial charge on any atom is -0.455 e. The SMILES string of the molecule is CCC/C=C/C=C/C(=O)O[C@@H](C)/C=C\C/C=C/C=C\C(=O)O[C@H]1[C@@H](O)[C@H](O)[C@H](O[C@@H]2[C@H](O)[C@@H](CO)O[C@H]2n2cnc3c(=O)[nH]cnc32)O[C@H]1C. The van der Waals surface area contributed by atoms with Crippen molar-refractivity contribution in [3.05, 3.63) is 83.8 Å². The average molecular weight is 701 g/mol. The highest BCUT2D eigenvalue weighted by Crippen LogP contribution is 2.36. The fraction of sp³-hybridized carbons (Fsp3) is 0.500. The topological polar surface area (TPSA) is 225 Å². The second-order valence-electron chi connectivity index (χ2n) is 11.7. The van der Waals surface area contributed by atoms with Gasteiger partial charge in [0, 0.05) is 12.2 Å². The van der Waals surface area contributed by atoms with Gasteiger partial charge in [0.15, 0.2) is 29.8 Å². The van der Waals surface area contributed by atoms with Gasteiger partial charge in [0.1, 0.15) is 36.6 Å². The lowest BCUT2D eigenvalue weighted by Gasteiger charge is -2.41. The third-order valence-electron chi connectivity index (χ3n) is 7.85. The van der Waals surface area contributed by atoms with E-state index in [1.807, 2.05) is 6.08 Å². The summed E-state index contributed by atoms with van der Waals surface area (Å²) >= 11 is 0. The second-order valence-corrected chi connectivity index (χ2v) is 11.7. The number of allylic oxidation sites excluding steroid dienone is 7. The Hall–Kier alpha value is -4.29. The Kier molecular flexibility index (Phi) is 14.4. The van der Waals surface area contributed by atoms with Crippen LogP contribution in [0.2, 0.25) is 0 Å². The van der Waals surface area contributed by atoms with E-state index in [4.69, 9.17) is 23.7 Å². The van der Waals surface area contributed by atoms with E-state index < -0.39 is 85.5 Å². The molecule has 2 saturated heterocycles. The first-order valence-corrected chi connectivity index (χ1v) is 16.3. The lowest BCUT2D eigenvalue weighted by molar-refractivity contribution is -0.314. The number of nitrogens with zero attached hydrogens (tertiary/aromatic N) is 3. The van der Waals surface area contributed by atoms with Gasteiger partial charge >= 0.3 is 11.9 Å². The van der Waals surface area contributed by atoms with Crippen molar-refractivity contribution in [2.45, 2.75) is 101 Å². The molecule has 2 aliphatic heterocycles. The molecule has 4 rings (SSSR count). The van der Waals surface area contributed by atoms with Crippen molar-refractivity contribution in [1.29, 1.82) is 0 Å². The number of aliphatic hydroxyl groups excluding tert-OH is 4. The Morgan fingerprint density at radius 2 is 1.74 bits per heavy atom. The highest BCUT2D eigenvalue weighted by atomic mass is 16.7. The van der Waals surface area contributed by atoms with E-state index in [0.29, 0.717) is 6.42 Å². The van der Waals surface area contributed by atoms with Crippen LogP contribution in [0.15, 0.2) is 78.2 Å². The molecule has 0 aromatic carbocycles. The lowest BCUT2D eigenvalue weighted by atomic mass is 9.99. The van der Waals surface area contributed by atoms with Gasteiger partial charge in [-0.25, -0.2) is 19.6 Å². The van der Waals surface area contributed by atoms with Crippen LogP contribution in [0.4, 0.5) is 0 Å². The number of carbonyl (C=O) groups excluding carboxylic acids is 2. The molecule has 2 aromatic heterocycles. The summed E-state index contributed by atoms with van der Waals surface area (Å²) in [6.07, 6.45) is 8.75. The fourth-order valence-corrected chi connectivity index (χ4v) is 5.28. The third kappa shape index (κ3) is 9.91. The molecule has 50 heavy (non-hydrogen) atoms. The van der Waals surface area contributed by atoms with E-state index in [2.05, 4.69) is 21.9 Å². The zero-order valence-corrected chi connectivity index (χ0v) is 27.9. The van der Waals surface area contributed by atoms with Gasteiger partial charge in [-0.3, -0.25) is 9.36 Å². The van der Waals surface area contributed by atoms with Crippen molar-refractivity contribution in [1.82, 2.24) is 19.5 Å². The van der Waals surface area contributed by atoms with Crippen LogP contribution in [0.5, 0.6) is 0 Å². The summed E-state index contributed by atoms with van der Waals surface area (Å²) in [6.45, 7) is 4.74. The van der Waals surface area contributed by atoms with Gasteiger partial charge in [0.25, 0.3) is 5.56 Å². The summed E-state index contributed by atoms with van der Waals surface area (Å²) in [7, 11) is 0. The number of aliphatic hydroxyl groups is 4. The van der Waals surface area contributed by atoms with Gasteiger partial charge in [-0.05, 0) is 32.8 Å². The Bertz CT molecular complexity index is 1630. The number of hydrogen-bond acceptors (Lipinski definition) is 14. The number of ether oxygens (including phenoxy) is 5. The maximum atomic E-state index is 12.5. The Morgan fingerprint density at radius 3 is 2.48 bits per heavy atom. The molecule has 2 aromatic rings. The summed E-state index contributed by atoms with van der Waals surface area (Å²) < 4.78 is 29.4. The van der Waals surface area contributed by atoms with Gasteiger partial charge in [-0.2, -0.15) is 0 Å². The van der Waals surface area contributed by atoms with E-state index in [9.17, 15) is 34.8 Å². The van der Waals surface area contributed by atoms with Crippen molar-refractivity contribution >= 4 is 23.1 Å². The molecule has 0 aliphatic carbocycles. The van der Waals surface area contributed by atoms with Crippen LogP contribution in [-0.4, -0.2) is 114 Å². The number of aromatic amines is 1. The molecule has 0 spiro atoms. The van der Waals surface area contributed by atoms with Crippen molar-refractivity contribution in [3.63, 3.8) is 0 Å². The van der Waals surface area contributed by atoms with E-state index in [-0.39, 0.29) is 11.2 Å². The minimum atomic E-state index is -1.72. The van der Waals surface area contributed by atoms with Crippen LogP contribution < -0.4 is 5.56 Å². The summed E-state index contributed by atoms with van der Waals surface area (Å²) in [6, 6.07) is 0. The standard InChI is InChI=1S/C34H44N4O12/c1-4-5-6-8-12-15-23(40)46-20(2)14-11-9-7-10-13-16-24(41)49-29-21(3)47-34(28(44)27(29)43)50-30-26(42)22(17-39)48-33(30)38-19-37-25-31(38)35-18-36-32(25)45/h6-8,10-16,18-22,26-30,33-34,39,42-44H,4-5,9,17H2,1-3H3,(H,35,36,45)/b8-6+,10-7+,14-11-,15-12+,16-13-/t20-,21-,22+,26+,27-,28-,29+,30+,33+,34-/m0/s1. The maximum Gasteiger partial charge on any atom is 0.331 e. The van der Waals surface area contributed by atoms with E-state index in [1.165, 1.54) is 36.3 Å². The number of unbranched alkanes of at least 4 members (excludes halogenated alkanes) is 1. The largest absolute Gasteiger partial charge is 0.455 e. The van der Waals surface area contributed by atoms with Gasteiger partial charge < -0.3 is 49.1 Å². The van der Waals surface area contributed by atoms with Crippen LogP contribution in [0.25, 0.3) is 11.2 Å². The predicted octanol–water partition coefficient (Wildman–Crippen LogP) is 1.04. The first kappa shape index (κ1) is 38.5. The molecule has 16 nitrogen and oxygen atoms in total. The number of rotatable bonds is 15. The number of aromatic nitrogens is 4. The molecule has 2 fully saturated rings. The number of esters is 2. The summed E-state index contributed by atoms with van der Waals surface area (Å²) in [5.41, 5.74) is -0.378. The molecule has 5 N–H and O–H groups in total. The van der Waals surface area contributed by atoms with Gasteiger partial charge in [0.05, 0.1) is 25.4 Å². The molecule has 0 amide bonds. The molecule has 2 aliphatic rings. The second kappa shape index (κ2) is 18.6. The van der Waals surface area contributed by atoms with Crippen LogP contribution in [0.1, 0.15) is 46.3 Å². The minimum absolute atomic E-state index is 0.00465. The van der Waals surface area contributed by atoms with Crippen LogP contribution in [-0.2, 0) is 33.3 Å². The maximum absolute atomic E-state index is 12.5. The predicted molar refractivity (Wildman–Crippen MR) is 177 cm³/mol. The Balaban J connectivity index is 1.27. The van der Waals surface area contributed by atoms with Crippen molar-refractivity contribution in [3.8, 4) is 0 Å². The summed E-state index contributed by atoms with van der Waals surface area (Å²) in [4.78, 5) is 47.0. The Morgan fingerprint density at radius 1 is 1.00 bits per heavy atom. The normalized spacial score (nSPS) is 29.7. The Labute approximate surface area is 288 Å².